The van der Waals surface area contributed by atoms with Crippen LogP contribution in [0.2, 0.25) is 0 Å². The molecule has 3 aromatic carbocycles. The molecule has 2 N–H and O–H groups in total. The number of hydrogen-bond acceptors (Lipinski definition) is 2. The van der Waals surface area contributed by atoms with Crippen molar-refractivity contribution in [2.45, 2.75) is 0 Å². The molecule has 4 rings (SSSR count). The summed E-state index contributed by atoms with van der Waals surface area (Å²) >= 11 is 0. The van der Waals surface area contributed by atoms with Crippen LogP contribution in [-0.2, 0) is 0 Å². The minimum atomic E-state index is 0. The third kappa shape index (κ3) is 2.50. The first-order chi connectivity index (χ1) is 10.9. The van der Waals surface area contributed by atoms with E-state index < -0.39 is 0 Å². The van der Waals surface area contributed by atoms with E-state index in [9.17, 15) is 0 Å². The van der Waals surface area contributed by atoms with Crippen molar-refractivity contribution < 1.29 is 10.0 Å². The summed E-state index contributed by atoms with van der Waals surface area (Å²) in [5.41, 5.74) is 3.73. The van der Waals surface area contributed by atoms with Gasteiger partial charge in [-0.3, -0.25) is 0 Å². The number of para-hydroxylation sites is 3. The van der Waals surface area contributed by atoms with Crippen LogP contribution in [-0.4, -0.2) is 22.3 Å². The molecule has 0 atom stereocenters. The van der Waals surface area contributed by atoms with Crippen molar-refractivity contribution in [2.24, 2.45) is 0 Å². The van der Waals surface area contributed by atoms with E-state index in [0.29, 0.717) is 0 Å². The SMILES string of the molecule is O[B]O.c1ccc(-n2c3ccccc3c3ccccc32)cc1. The molecule has 0 saturated heterocycles. The smallest absolute Gasteiger partial charge is 0.429 e. The number of benzene rings is 3. The lowest BCUT2D eigenvalue weighted by Gasteiger charge is -2.06. The molecule has 0 amide bonds. The molecule has 4 heteroatoms. The summed E-state index contributed by atoms with van der Waals surface area (Å²) in [7, 11) is 0. The monoisotopic (exact) mass is 288 g/mol. The van der Waals surface area contributed by atoms with Crippen LogP contribution in [0.25, 0.3) is 27.5 Å². The molecule has 0 aliphatic carbocycles. The predicted molar refractivity (Wildman–Crippen MR) is 91.0 cm³/mol. The average Bonchev–Trinajstić information content (AvgIpc) is 2.91. The van der Waals surface area contributed by atoms with Gasteiger partial charge in [-0.15, -0.1) is 0 Å². The van der Waals surface area contributed by atoms with Crippen molar-refractivity contribution in [2.75, 3.05) is 0 Å². The van der Waals surface area contributed by atoms with Crippen LogP contribution in [0.4, 0.5) is 0 Å². The molecular weight excluding hydrogens is 273 g/mol. The molecule has 107 valence electrons. The molecule has 1 radical (unpaired) electrons. The molecular formula is C18H15BNO2. The third-order valence-electron chi connectivity index (χ3n) is 3.59. The topological polar surface area (TPSA) is 45.4 Å². The van der Waals surface area contributed by atoms with Gasteiger partial charge in [-0.2, -0.15) is 0 Å². The zero-order chi connectivity index (χ0) is 15.4. The molecule has 3 nitrogen and oxygen atoms in total. The van der Waals surface area contributed by atoms with Crippen LogP contribution < -0.4 is 0 Å². The van der Waals surface area contributed by atoms with E-state index in [2.05, 4.69) is 83.4 Å². The van der Waals surface area contributed by atoms with Gasteiger partial charge in [0, 0.05) is 16.5 Å². The van der Waals surface area contributed by atoms with E-state index in [0.717, 1.165) is 0 Å². The molecule has 0 unspecified atom stereocenters. The summed E-state index contributed by atoms with van der Waals surface area (Å²) in [5, 5.41) is 16.6. The predicted octanol–water partition coefficient (Wildman–Crippen LogP) is 3.29. The highest BCUT2D eigenvalue weighted by Crippen LogP contribution is 2.31. The Bertz CT molecular complexity index is 834. The van der Waals surface area contributed by atoms with Gasteiger partial charge < -0.3 is 14.6 Å². The second kappa shape index (κ2) is 6.47. The van der Waals surface area contributed by atoms with E-state index in [1.165, 1.54) is 27.5 Å². The first-order valence-electron chi connectivity index (χ1n) is 7.00. The Morgan fingerprint density at radius 3 is 1.50 bits per heavy atom. The summed E-state index contributed by atoms with van der Waals surface area (Å²) in [6, 6.07) is 27.7. The lowest BCUT2D eigenvalue weighted by atomic mass is 10.2. The molecule has 1 heterocycles. The minimum absolute atomic E-state index is 0. The van der Waals surface area contributed by atoms with Gasteiger partial charge in [-0.05, 0) is 24.3 Å². The Kier molecular flexibility index (Phi) is 4.23. The molecule has 0 spiro atoms. The van der Waals surface area contributed by atoms with Gasteiger partial charge in [0.15, 0.2) is 0 Å². The van der Waals surface area contributed by atoms with E-state index in [1.807, 2.05) is 0 Å². The molecule has 22 heavy (non-hydrogen) atoms. The average molecular weight is 288 g/mol. The Balaban J connectivity index is 0.000000446. The van der Waals surface area contributed by atoms with Gasteiger partial charge in [0.05, 0.1) is 11.0 Å². The Labute approximate surface area is 129 Å². The second-order valence-electron chi connectivity index (χ2n) is 4.82. The summed E-state index contributed by atoms with van der Waals surface area (Å²) in [6.07, 6.45) is 0. The first kappa shape index (κ1) is 14.4. The summed E-state index contributed by atoms with van der Waals surface area (Å²) in [6.45, 7) is 0. The first-order valence-corrected chi connectivity index (χ1v) is 7.00. The maximum Gasteiger partial charge on any atom is 0.482 e. The van der Waals surface area contributed by atoms with Crippen LogP contribution in [0.3, 0.4) is 0 Å². The fraction of sp³-hybridized carbons (Fsp3) is 0. The van der Waals surface area contributed by atoms with Crippen molar-refractivity contribution in [3.63, 3.8) is 0 Å². The minimum Gasteiger partial charge on any atom is -0.429 e. The Hall–Kier alpha value is -2.56. The van der Waals surface area contributed by atoms with Gasteiger partial charge in [0.1, 0.15) is 0 Å². The zero-order valence-corrected chi connectivity index (χ0v) is 11.9. The normalized spacial score (nSPS) is 10.3. The molecule has 0 saturated carbocycles. The number of aromatic nitrogens is 1. The number of nitrogens with zero attached hydrogens (tertiary/aromatic N) is 1. The van der Waals surface area contributed by atoms with Gasteiger partial charge >= 0.3 is 7.69 Å². The van der Waals surface area contributed by atoms with E-state index >= 15 is 0 Å². The highest BCUT2D eigenvalue weighted by Gasteiger charge is 2.10. The maximum atomic E-state index is 7.00. The molecule has 1 aromatic heterocycles. The van der Waals surface area contributed by atoms with Gasteiger partial charge in [0.25, 0.3) is 0 Å². The van der Waals surface area contributed by atoms with Crippen LogP contribution >= 0.6 is 0 Å². The molecule has 4 aromatic rings. The summed E-state index contributed by atoms with van der Waals surface area (Å²) in [5.74, 6) is 0. The fourth-order valence-electron chi connectivity index (χ4n) is 2.78. The highest BCUT2D eigenvalue weighted by atomic mass is 16.4. The van der Waals surface area contributed by atoms with E-state index in [-0.39, 0.29) is 7.69 Å². The fourth-order valence-corrected chi connectivity index (χ4v) is 2.78. The number of rotatable bonds is 1. The van der Waals surface area contributed by atoms with Crippen molar-refractivity contribution in [1.82, 2.24) is 4.57 Å². The zero-order valence-electron chi connectivity index (χ0n) is 11.9. The van der Waals surface area contributed by atoms with E-state index in [1.54, 1.807) is 0 Å². The van der Waals surface area contributed by atoms with Crippen LogP contribution in [0.15, 0.2) is 78.9 Å². The summed E-state index contributed by atoms with van der Waals surface area (Å²) in [4.78, 5) is 0. The number of fused-ring (bicyclic) bond motifs is 3. The van der Waals surface area contributed by atoms with Gasteiger partial charge in [-0.25, -0.2) is 0 Å². The molecule has 0 aliphatic heterocycles. The maximum absolute atomic E-state index is 7.00. The largest absolute Gasteiger partial charge is 0.482 e. The van der Waals surface area contributed by atoms with Gasteiger partial charge in [0.2, 0.25) is 0 Å². The van der Waals surface area contributed by atoms with Crippen molar-refractivity contribution in [3.8, 4) is 5.69 Å². The standard InChI is InChI=1S/C18H13N.BH2O2/c1-2-8-14(9-3-1)19-17-12-6-4-10-15(17)16-11-5-7-13-18(16)19;2-1-3/h1-13H;2-3H. The van der Waals surface area contributed by atoms with Gasteiger partial charge in [-0.1, -0.05) is 54.6 Å². The lowest BCUT2D eigenvalue weighted by molar-refractivity contribution is 0.448. The molecule has 0 aliphatic rings. The molecule has 0 fully saturated rings. The van der Waals surface area contributed by atoms with E-state index in [4.69, 9.17) is 10.0 Å². The van der Waals surface area contributed by atoms with Crippen molar-refractivity contribution in [1.29, 1.82) is 0 Å². The summed E-state index contributed by atoms with van der Waals surface area (Å²) < 4.78 is 2.32. The van der Waals surface area contributed by atoms with Crippen LogP contribution in [0.1, 0.15) is 0 Å². The van der Waals surface area contributed by atoms with Crippen molar-refractivity contribution >= 4 is 29.5 Å². The molecule has 0 bridgehead atoms. The number of hydrogen-bond donors (Lipinski definition) is 2. The lowest BCUT2D eigenvalue weighted by Crippen LogP contribution is -1.92. The van der Waals surface area contributed by atoms with Crippen LogP contribution in [0, 0.1) is 0 Å². The van der Waals surface area contributed by atoms with Crippen molar-refractivity contribution in [3.05, 3.63) is 78.9 Å². The Morgan fingerprint density at radius 1 is 0.591 bits per heavy atom. The highest BCUT2D eigenvalue weighted by molar-refractivity contribution is 6.13. The van der Waals surface area contributed by atoms with Crippen LogP contribution in [0.5, 0.6) is 0 Å². The Morgan fingerprint density at radius 2 is 1.00 bits per heavy atom. The quantitative estimate of drug-likeness (QED) is 0.528. The second-order valence-corrected chi connectivity index (χ2v) is 4.82. The third-order valence-corrected chi connectivity index (χ3v) is 3.59.